The van der Waals surface area contributed by atoms with Gasteiger partial charge in [0.25, 0.3) is 0 Å². The number of ether oxygens (including phenoxy) is 2. The van der Waals surface area contributed by atoms with Crippen LogP contribution in [0.2, 0.25) is 0 Å². The molecule has 0 bridgehead atoms. The van der Waals surface area contributed by atoms with Crippen molar-refractivity contribution in [3.05, 3.63) is 97.2 Å². The summed E-state index contributed by atoms with van der Waals surface area (Å²) in [6, 6.07) is 0.265. The summed E-state index contributed by atoms with van der Waals surface area (Å²) >= 11 is 0. The molecule has 572 valence electrons. The van der Waals surface area contributed by atoms with Crippen LogP contribution in [-0.4, -0.2) is 110 Å². The highest BCUT2D eigenvalue weighted by molar-refractivity contribution is 5.68. The number of carbonyl (C=O) groups excluding carboxylic acids is 2. The minimum absolute atomic E-state index is 0.0960. The van der Waals surface area contributed by atoms with Gasteiger partial charge in [-0.05, 0) is 193 Å². The maximum atomic E-state index is 14.1. The van der Waals surface area contributed by atoms with Crippen molar-refractivity contribution in [1.29, 1.82) is 0 Å². The Hall–Kier alpha value is -3.62. The summed E-state index contributed by atoms with van der Waals surface area (Å²) in [6.45, 7) is 17.4. The second-order valence-electron chi connectivity index (χ2n) is 30.4. The van der Waals surface area contributed by atoms with E-state index in [-0.39, 0.29) is 18.2 Å². The van der Waals surface area contributed by atoms with Crippen molar-refractivity contribution in [2.75, 3.05) is 72.6 Å². The Morgan fingerprint density at radius 3 is 0.899 bits per heavy atom. The number of allylic oxidation sites excluding steroid dienone is 16. The molecule has 3 atom stereocenters. The van der Waals surface area contributed by atoms with Crippen LogP contribution in [0.5, 0.6) is 0 Å². The molecule has 2 aliphatic rings. The lowest BCUT2D eigenvalue weighted by Gasteiger charge is -2.38. The standard InChI is InChI=1S/C91H164N4O4/c1-6-10-14-18-22-26-30-34-38-42-44-48-52-54-58-62-66-70-76-93(77-71-67-63-59-55-53-49-45-43-39-35-31-27-23-19-15-11-7-2)90(96)98-85-88-81-87(82-92(5)83-88)84-95-80-74-75-89(95)86-99-91(97)94(78-72-68-64-60-56-50-46-40-36-32-28-24-20-16-12-8-3)79-73-69-65-61-57-51-47-41-37-33-29-25-21-17-13-9-4/h22-29,34-41,87-89H,6-21,30-33,42-86H2,1-5H3/b26-22-,27-23-,28-24-,29-25-,38-34-,39-35-,40-36-,41-37-. The van der Waals surface area contributed by atoms with Crippen LogP contribution in [-0.2, 0) is 9.47 Å². The van der Waals surface area contributed by atoms with Gasteiger partial charge in [-0.15, -0.1) is 0 Å². The molecule has 0 aliphatic carbocycles. The molecule has 0 spiro atoms. The first-order valence-corrected chi connectivity index (χ1v) is 43.4. The number of hydrogen-bond acceptors (Lipinski definition) is 6. The molecule has 99 heavy (non-hydrogen) atoms. The van der Waals surface area contributed by atoms with E-state index in [0.717, 1.165) is 123 Å². The first-order chi connectivity index (χ1) is 48.9. The molecule has 2 aliphatic heterocycles. The van der Waals surface area contributed by atoms with Gasteiger partial charge < -0.3 is 24.2 Å². The van der Waals surface area contributed by atoms with Crippen LogP contribution in [0, 0.1) is 11.8 Å². The maximum absolute atomic E-state index is 14.1. The minimum Gasteiger partial charge on any atom is -0.449 e. The van der Waals surface area contributed by atoms with Gasteiger partial charge in [-0.1, -0.05) is 305 Å². The molecule has 0 aromatic heterocycles. The molecule has 0 radical (unpaired) electrons. The van der Waals surface area contributed by atoms with E-state index in [1.54, 1.807) is 0 Å². The second kappa shape index (κ2) is 72.7. The number of unbranched alkanes of at least 4 members (excludes halogenated alkanes) is 40. The third-order valence-electron chi connectivity index (χ3n) is 20.7. The fraction of sp³-hybridized carbons (Fsp3) is 0.802. The zero-order valence-electron chi connectivity index (χ0n) is 66.4. The number of piperidine rings is 1. The van der Waals surface area contributed by atoms with Gasteiger partial charge in [0, 0.05) is 57.8 Å². The van der Waals surface area contributed by atoms with Crippen molar-refractivity contribution in [2.24, 2.45) is 11.8 Å². The molecular weight excluding hydrogens is 1210 g/mol. The van der Waals surface area contributed by atoms with Crippen molar-refractivity contribution in [3.63, 3.8) is 0 Å². The Balaban J connectivity index is 1.88. The van der Waals surface area contributed by atoms with Gasteiger partial charge in [0.15, 0.2) is 0 Å². The molecule has 8 nitrogen and oxygen atoms in total. The first kappa shape index (κ1) is 91.5. The van der Waals surface area contributed by atoms with Crippen LogP contribution in [0.1, 0.15) is 381 Å². The van der Waals surface area contributed by atoms with Gasteiger partial charge in [-0.2, -0.15) is 0 Å². The monoisotopic (exact) mass is 1380 g/mol. The summed E-state index contributed by atoms with van der Waals surface area (Å²) in [5.41, 5.74) is 0. The van der Waals surface area contributed by atoms with E-state index in [1.807, 2.05) is 0 Å². The highest BCUT2D eigenvalue weighted by Gasteiger charge is 2.33. The van der Waals surface area contributed by atoms with E-state index >= 15 is 0 Å². The summed E-state index contributed by atoms with van der Waals surface area (Å²) in [7, 11) is 2.25. The molecular formula is C91H164N4O4. The lowest BCUT2D eigenvalue weighted by Crippen LogP contribution is -2.46. The number of carbonyl (C=O) groups is 2. The first-order valence-electron chi connectivity index (χ1n) is 43.4. The van der Waals surface area contributed by atoms with Crippen molar-refractivity contribution < 1.29 is 19.1 Å². The van der Waals surface area contributed by atoms with Crippen LogP contribution in [0.25, 0.3) is 0 Å². The molecule has 2 fully saturated rings. The third-order valence-corrected chi connectivity index (χ3v) is 20.7. The van der Waals surface area contributed by atoms with Gasteiger partial charge in [0.1, 0.15) is 6.61 Å². The Morgan fingerprint density at radius 1 is 0.333 bits per heavy atom. The van der Waals surface area contributed by atoms with E-state index in [0.29, 0.717) is 25.0 Å². The lowest BCUT2D eigenvalue weighted by molar-refractivity contribution is 0.0397. The average Bonchev–Trinajstić information content (AvgIpc) is 1.83. The molecule has 0 saturated carbocycles. The SMILES string of the molecule is CCCCC/C=C\C/C=C\CCCCCCCCCCN(CCCCCCCCCC/C=C\C/C=C\CCCCC)C(=O)OCC1CC(CN2CCCC2COC(=O)N(CCCCCCCC/C=C\C/C=C\CCCCC)CCCCCCCC/C=C\C/C=C\CCCCC)CN(C)C1. The number of rotatable bonds is 70. The van der Waals surface area contributed by atoms with Crippen molar-refractivity contribution in [3.8, 4) is 0 Å². The van der Waals surface area contributed by atoms with Crippen LogP contribution in [0.3, 0.4) is 0 Å². The molecule has 0 aromatic carbocycles. The summed E-state index contributed by atoms with van der Waals surface area (Å²) in [5, 5.41) is 0. The van der Waals surface area contributed by atoms with Gasteiger partial charge >= 0.3 is 12.2 Å². The van der Waals surface area contributed by atoms with Crippen molar-refractivity contribution in [2.45, 2.75) is 387 Å². The van der Waals surface area contributed by atoms with Crippen LogP contribution in [0.15, 0.2) is 97.2 Å². The molecule has 0 aromatic rings. The van der Waals surface area contributed by atoms with Gasteiger partial charge in [0.05, 0.1) is 6.61 Å². The zero-order valence-corrected chi connectivity index (χ0v) is 66.4. The molecule has 8 heteroatoms. The summed E-state index contributed by atoms with van der Waals surface area (Å²) in [5.74, 6) is 0.815. The fourth-order valence-electron chi connectivity index (χ4n) is 14.5. The summed E-state index contributed by atoms with van der Waals surface area (Å²) in [4.78, 5) is 37.3. The summed E-state index contributed by atoms with van der Waals surface area (Å²) in [6.07, 6.45) is 105. The Morgan fingerprint density at radius 2 is 0.596 bits per heavy atom. The normalized spacial score (nSPS) is 16.6. The van der Waals surface area contributed by atoms with Crippen LogP contribution >= 0.6 is 0 Å². The van der Waals surface area contributed by atoms with Gasteiger partial charge in [0.2, 0.25) is 0 Å². The van der Waals surface area contributed by atoms with E-state index in [4.69, 9.17) is 9.47 Å². The van der Waals surface area contributed by atoms with Crippen LogP contribution < -0.4 is 0 Å². The molecule has 3 unspecified atom stereocenters. The average molecular weight is 1380 g/mol. The third kappa shape index (κ3) is 59.5. The van der Waals surface area contributed by atoms with Crippen molar-refractivity contribution >= 4 is 12.2 Å². The maximum Gasteiger partial charge on any atom is 0.409 e. The minimum atomic E-state index is -0.102. The summed E-state index contributed by atoms with van der Waals surface area (Å²) < 4.78 is 12.6. The van der Waals surface area contributed by atoms with Crippen LogP contribution in [0.4, 0.5) is 9.59 Å². The number of likely N-dealkylation sites (tertiary alicyclic amines) is 2. The predicted molar refractivity (Wildman–Crippen MR) is 435 cm³/mol. The highest BCUT2D eigenvalue weighted by Crippen LogP contribution is 2.27. The number of hydrogen-bond donors (Lipinski definition) is 0. The Bertz CT molecular complexity index is 1900. The fourth-order valence-corrected chi connectivity index (χ4v) is 14.5. The lowest BCUT2D eigenvalue weighted by atomic mass is 9.89. The zero-order chi connectivity index (χ0) is 70.9. The predicted octanol–water partition coefficient (Wildman–Crippen LogP) is 27.7. The Labute approximate surface area is 616 Å². The van der Waals surface area contributed by atoms with Crippen molar-refractivity contribution in [1.82, 2.24) is 19.6 Å². The van der Waals surface area contributed by atoms with Gasteiger partial charge in [-0.3, -0.25) is 4.90 Å². The van der Waals surface area contributed by atoms with E-state index in [1.165, 1.54) is 283 Å². The topological polar surface area (TPSA) is 65.6 Å². The van der Waals surface area contributed by atoms with E-state index < -0.39 is 0 Å². The van der Waals surface area contributed by atoms with Gasteiger partial charge in [-0.25, -0.2) is 9.59 Å². The molecule has 2 saturated heterocycles. The largest absolute Gasteiger partial charge is 0.449 e. The van der Waals surface area contributed by atoms with E-state index in [2.05, 4.69) is 152 Å². The number of amides is 2. The Kier molecular flexibility index (Phi) is 67.2. The highest BCUT2D eigenvalue weighted by atomic mass is 16.6. The smallest absolute Gasteiger partial charge is 0.409 e. The molecule has 2 amide bonds. The molecule has 2 rings (SSSR count). The molecule has 2 heterocycles. The van der Waals surface area contributed by atoms with E-state index in [9.17, 15) is 9.59 Å². The number of nitrogens with zero attached hydrogens (tertiary/aromatic N) is 4. The second-order valence-corrected chi connectivity index (χ2v) is 30.4. The molecule has 0 N–H and O–H groups in total. The quantitative estimate of drug-likeness (QED) is 0.0447.